The molecule has 0 aliphatic carbocycles. The molecule has 2 nitrogen and oxygen atoms in total. The topological polar surface area (TPSA) is 29.3 Å². The Bertz CT molecular complexity index is 283. The van der Waals surface area contributed by atoms with E-state index in [-0.39, 0.29) is 0 Å². The van der Waals surface area contributed by atoms with Gasteiger partial charge in [0, 0.05) is 25.3 Å². The molecule has 0 radical (unpaired) electrons. The minimum absolute atomic E-state index is 0.558. The number of benzene rings is 1. The van der Waals surface area contributed by atoms with Gasteiger partial charge < -0.3 is 10.6 Å². The summed E-state index contributed by atoms with van der Waals surface area (Å²) in [6.07, 6.45) is 1.15. The van der Waals surface area contributed by atoms with Crippen molar-refractivity contribution < 1.29 is 0 Å². The summed E-state index contributed by atoms with van der Waals surface area (Å²) in [5, 5.41) is 0. The summed E-state index contributed by atoms with van der Waals surface area (Å²) < 4.78 is 0. The summed E-state index contributed by atoms with van der Waals surface area (Å²) in [5.41, 5.74) is 8.18. The molecule has 0 spiro atoms. The Labute approximate surface area is 86.7 Å². The van der Waals surface area contributed by atoms with Crippen LogP contribution in [-0.2, 0) is 6.54 Å². The quantitative estimate of drug-likeness (QED) is 0.793. The Hall–Kier alpha value is -1.02. The van der Waals surface area contributed by atoms with Crippen molar-refractivity contribution in [2.45, 2.75) is 32.9 Å². The second kappa shape index (κ2) is 5.01. The van der Waals surface area contributed by atoms with Crippen molar-refractivity contribution >= 4 is 5.69 Å². The van der Waals surface area contributed by atoms with Gasteiger partial charge >= 0.3 is 0 Å². The molecular formula is C12H20N2. The Kier molecular flexibility index (Phi) is 3.96. The van der Waals surface area contributed by atoms with Crippen LogP contribution in [0.4, 0.5) is 5.69 Å². The third kappa shape index (κ3) is 2.26. The minimum atomic E-state index is 0.558. The largest absolute Gasteiger partial charge is 0.372 e. The second-order valence-corrected chi connectivity index (χ2v) is 3.70. The van der Waals surface area contributed by atoms with E-state index >= 15 is 0 Å². The third-order valence-corrected chi connectivity index (χ3v) is 2.84. The molecule has 0 fully saturated rings. The molecular weight excluding hydrogens is 172 g/mol. The molecule has 14 heavy (non-hydrogen) atoms. The molecule has 2 heteroatoms. The maximum Gasteiger partial charge on any atom is 0.0411 e. The van der Waals surface area contributed by atoms with Gasteiger partial charge in [0.15, 0.2) is 0 Å². The molecule has 1 aromatic rings. The van der Waals surface area contributed by atoms with E-state index in [0.29, 0.717) is 12.6 Å². The molecule has 0 aliphatic rings. The molecule has 0 aliphatic heterocycles. The standard InChI is InChI=1S/C12H20N2/c1-4-10(2)14(3)12-8-6-5-7-11(12)9-13/h5-8,10H,4,9,13H2,1-3H3. The van der Waals surface area contributed by atoms with Crippen LogP contribution in [0.1, 0.15) is 25.8 Å². The number of anilines is 1. The van der Waals surface area contributed by atoms with Gasteiger partial charge in [-0.05, 0) is 25.0 Å². The highest BCUT2D eigenvalue weighted by Gasteiger charge is 2.10. The molecule has 0 saturated carbocycles. The fraction of sp³-hybridized carbons (Fsp3) is 0.500. The van der Waals surface area contributed by atoms with Gasteiger partial charge in [-0.15, -0.1) is 0 Å². The number of hydrogen-bond acceptors (Lipinski definition) is 2. The number of nitrogens with two attached hydrogens (primary N) is 1. The van der Waals surface area contributed by atoms with E-state index in [0.717, 1.165) is 6.42 Å². The lowest BCUT2D eigenvalue weighted by molar-refractivity contribution is 0.661. The van der Waals surface area contributed by atoms with Gasteiger partial charge in [0.25, 0.3) is 0 Å². The van der Waals surface area contributed by atoms with Gasteiger partial charge in [-0.1, -0.05) is 25.1 Å². The van der Waals surface area contributed by atoms with Crippen molar-refractivity contribution in [3.8, 4) is 0 Å². The third-order valence-electron chi connectivity index (χ3n) is 2.84. The van der Waals surface area contributed by atoms with Crippen LogP contribution in [0.25, 0.3) is 0 Å². The molecule has 0 amide bonds. The summed E-state index contributed by atoms with van der Waals surface area (Å²) >= 11 is 0. The summed E-state index contributed by atoms with van der Waals surface area (Å²) in [4.78, 5) is 2.29. The van der Waals surface area contributed by atoms with Crippen LogP contribution >= 0.6 is 0 Å². The molecule has 1 rings (SSSR count). The first kappa shape index (κ1) is 11.1. The maximum atomic E-state index is 5.70. The summed E-state index contributed by atoms with van der Waals surface area (Å²) in [6, 6.07) is 8.88. The number of para-hydroxylation sites is 1. The molecule has 78 valence electrons. The van der Waals surface area contributed by atoms with Crippen LogP contribution in [0.3, 0.4) is 0 Å². The SMILES string of the molecule is CCC(C)N(C)c1ccccc1CN. The van der Waals surface area contributed by atoms with Crippen molar-refractivity contribution in [3.63, 3.8) is 0 Å². The zero-order valence-electron chi connectivity index (χ0n) is 9.33. The summed E-state index contributed by atoms with van der Waals surface area (Å²) in [5.74, 6) is 0. The van der Waals surface area contributed by atoms with Crippen LogP contribution in [-0.4, -0.2) is 13.1 Å². The Morgan fingerprint density at radius 2 is 2.00 bits per heavy atom. The fourth-order valence-electron chi connectivity index (χ4n) is 1.54. The van der Waals surface area contributed by atoms with Crippen molar-refractivity contribution in [2.24, 2.45) is 5.73 Å². The highest BCUT2D eigenvalue weighted by molar-refractivity contribution is 5.53. The van der Waals surface area contributed by atoms with E-state index < -0.39 is 0 Å². The zero-order chi connectivity index (χ0) is 10.6. The highest BCUT2D eigenvalue weighted by Crippen LogP contribution is 2.21. The van der Waals surface area contributed by atoms with Crippen LogP contribution < -0.4 is 10.6 Å². The normalized spacial score (nSPS) is 12.6. The smallest absolute Gasteiger partial charge is 0.0411 e. The van der Waals surface area contributed by atoms with Gasteiger partial charge in [-0.2, -0.15) is 0 Å². The molecule has 1 aromatic carbocycles. The Morgan fingerprint density at radius 3 is 2.57 bits per heavy atom. The monoisotopic (exact) mass is 192 g/mol. The summed E-state index contributed by atoms with van der Waals surface area (Å²) in [7, 11) is 2.13. The first-order valence-corrected chi connectivity index (χ1v) is 5.21. The fourth-order valence-corrected chi connectivity index (χ4v) is 1.54. The predicted molar refractivity (Wildman–Crippen MR) is 62.5 cm³/mol. The van der Waals surface area contributed by atoms with Crippen LogP contribution in [0, 0.1) is 0 Å². The lowest BCUT2D eigenvalue weighted by Crippen LogP contribution is -2.29. The first-order valence-electron chi connectivity index (χ1n) is 5.21. The van der Waals surface area contributed by atoms with Crippen LogP contribution in [0.5, 0.6) is 0 Å². The molecule has 0 saturated heterocycles. The van der Waals surface area contributed by atoms with Gasteiger partial charge in [-0.3, -0.25) is 0 Å². The average molecular weight is 192 g/mol. The lowest BCUT2D eigenvalue weighted by Gasteiger charge is -2.28. The van der Waals surface area contributed by atoms with E-state index in [1.165, 1.54) is 11.3 Å². The Morgan fingerprint density at radius 1 is 1.36 bits per heavy atom. The van der Waals surface area contributed by atoms with Gasteiger partial charge in [0.05, 0.1) is 0 Å². The van der Waals surface area contributed by atoms with Crippen LogP contribution in [0.15, 0.2) is 24.3 Å². The summed E-state index contributed by atoms with van der Waals surface area (Å²) in [6.45, 7) is 5.04. The van der Waals surface area contributed by atoms with Crippen molar-refractivity contribution in [1.29, 1.82) is 0 Å². The van der Waals surface area contributed by atoms with Crippen LogP contribution in [0.2, 0.25) is 0 Å². The molecule has 1 unspecified atom stereocenters. The average Bonchev–Trinajstić information content (AvgIpc) is 2.26. The molecule has 0 aromatic heterocycles. The van der Waals surface area contributed by atoms with Gasteiger partial charge in [0.2, 0.25) is 0 Å². The van der Waals surface area contributed by atoms with E-state index in [1.54, 1.807) is 0 Å². The zero-order valence-corrected chi connectivity index (χ0v) is 9.33. The first-order chi connectivity index (χ1) is 6.70. The number of rotatable bonds is 4. The number of nitrogens with zero attached hydrogens (tertiary/aromatic N) is 1. The van der Waals surface area contributed by atoms with E-state index in [4.69, 9.17) is 5.73 Å². The van der Waals surface area contributed by atoms with Crippen molar-refractivity contribution in [3.05, 3.63) is 29.8 Å². The van der Waals surface area contributed by atoms with E-state index in [1.807, 2.05) is 6.07 Å². The number of hydrogen-bond donors (Lipinski definition) is 1. The van der Waals surface area contributed by atoms with Crippen molar-refractivity contribution in [1.82, 2.24) is 0 Å². The highest BCUT2D eigenvalue weighted by atomic mass is 15.1. The maximum absolute atomic E-state index is 5.70. The predicted octanol–water partition coefficient (Wildman–Crippen LogP) is 2.38. The van der Waals surface area contributed by atoms with E-state index in [2.05, 4.69) is 44.0 Å². The lowest BCUT2D eigenvalue weighted by atomic mass is 10.1. The molecule has 0 bridgehead atoms. The molecule has 0 heterocycles. The van der Waals surface area contributed by atoms with Crippen molar-refractivity contribution in [2.75, 3.05) is 11.9 Å². The second-order valence-electron chi connectivity index (χ2n) is 3.70. The van der Waals surface area contributed by atoms with E-state index in [9.17, 15) is 0 Å². The Balaban J connectivity index is 2.93. The van der Waals surface area contributed by atoms with Gasteiger partial charge in [-0.25, -0.2) is 0 Å². The molecule has 1 atom stereocenters. The minimum Gasteiger partial charge on any atom is -0.372 e. The van der Waals surface area contributed by atoms with Gasteiger partial charge in [0.1, 0.15) is 0 Å². The molecule has 2 N–H and O–H groups in total.